The zero-order valence-corrected chi connectivity index (χ0v) is 23.8. The molecule has 0 unspecified atom stereocenters. The molecule has 214 valence electrons. The summed E-state index contributed by atoms with van der Waals surface area (Å²) in [6, 6.07) is 7.09. The summed E-state index contributed by atoms with van der Waals surface area (Å²) in [4.78, 5) is 38.8. The summed E-state index contributed by atoms with van der Waals surface area (Å²) in [5, 5.41) is 9.90. The van der Waals surface area contributed by atoms with E-state index in [0.29, 0.717) is 12.8 Å². The number of methoxy groups -OCH3 is 1. The number of aromatic hydroxyl groups is 1. The molecule has 2 aliphatic heterocycles. The number of cyclic esters (lactones) is 1. The van der Waals surface area contributed by atoms with Crippen LogP contribution in [0.4, 0.5) is 0 Å². The molecular formula is C31H42O8. The van der Waals surface area contributed by atoms with E-state index < -0.39 is 35.0 Å². The minimum atomic E-state index is -1.17. The first kappa shape index (κ1) is 29.3. The van der Waals surface area contributed by atoms with Crippen LogP contribution in [0.3, 0.4) is 0 Å². The lowest BCUT2D eigenvalue weighted by molar-refractivity contribution is -0.217. The number of esters is 2. The second-order valence-electron chi connectivity index (χ2n) is 12.2. The molecule has 8 nitrogen and oxygen atoms in total. The number of Topliss-reactive ketones (excluding diaryl/α,β-unsaturated/α-hetero) is 1. The Bertz CT molecular complexity index is 1110. The van der Waals surface area contributed by atoms with Crippen LogP contribution >= 0.6 is 0 Å². The maximum Gasteiger partial charge on any atom is 0.320 e. The van der Waals surface area contributed by atoms with Crippen LogP contribution in [-0.4, -0.2) is 54.4 Å². The Morgan fingerprint density at radius 1 is 1.21 bits per heavy atom. The average Bonchev–Trinajstić information content (AvgIpc) is 3.28. The molecule has 3 aliphatic rings. The first-order valence-corrected chi connectivity index (χ1v) is 14.0. The van der Waals surface area contributed by atoms with Crippen molar-refractivity contribution < 1.29 is 38.4 Å². The fraction of sp³-hybridized carbons (Fsp3) is 0.645. The third-order valence-electron chi connectivity index (χ3n) is 8.88. The summed E-state index contributed by atoms with van der Waals surface area (Å²) in [6.45, 7) is 10.2. The van der Waals surface area contributed by atoms with Gasteiger partial charge < -0.3 is 24.1 Å². The van der Waals surface area contributed by atoms with E-state index in [9.17, 15) is 19.5 Å². The minimum Gasteiger partial charge on any atom is -0.508 e. The molecule has 1 aliphatic carbocycles. The number of ketones is 1. The monoisotopic (exact) mass is 542 g/mol. The smallest absolute Gasteiger partial charge is 0.320 e. The van der Waals surface area contributed by atoms with E-state index in [-0.39, 0.29) is 54.5 Å². The number of benzene rings is 1. The molecule has 8 atom stereocenters. The number of ether oxygens (including phenoxy) is 4. The SMILES string of the molecule is CO[C@@H](CC[C@@H](C)[C@H]1O[C@@]2(C=C[C@@H]1C)[C@H](C(=O)O[C@H]1COC(=O)C1)C(=O)[C@H](C)CC2(C)C)c1cccc(O)c1. The molecule has 39 heavy (non-hydrogen) atoms. The predicted molar refractivity (Wildman–Crippen MR) is 144 cm³/mol. The molecule has 2 fully saturated rings. The van der Waals surface area contributed by atoms with Crippen molar-refractivity contribution in [1.29, 1.82) is 0 Å². The molecule has 1 saturated heterocycles. The molecule has 1 aromatic rings. The van der Waals surface area contributed by atoms with Gasteiger partial charge in [0.2, 0.25) is 0 Å². The maximum absolute atomic E-state index is 13.6. The van der Waals surface area contributed by atoms with E-state index >= 15 is 0 Å². The van der Waals surface area contributed by atoms with Gasteiger partial charge in [-0.2, -0.15) is 0 Å². The fourth-order valence-electron chi connectivity index (χ4n) is 6.69. The van der Waals surface area contributed by atoms with Crippen LogP contribution in [0.1, 0.15) is 72.0 Å². The number of carbonyl (C=O) groups excluding carboxylic acids is 3. The van der Waals surface area contributed by atoms with Crippen molar-refractivity contribution in [2.75, 3.05) is 13.7 Å². The largest absolute Gasteiger partial charge is 0.508 e. The van der Waals surface area contributed by atoms with Gasteiger partial charge in [-0.15, -0.1) is 0 Å². The van der Waals surface area contributed by atoms with Crippen LogP contribution in [0.5, 0.6) is 5.75 Å². The molecule has 2 heterocycles. The minimum absolute atomic E-state index is 0.00464. The second-order valence-corrected chi connectivity index (χ2v) is 12.2. The normalized spacial score (nSPS) is 33.5. The summed E-state index contributed by atoms with van der Waals surface area (Å²) in [5.41, 5.74) is -0.796. The van der Waals surface area contributed by atoms with Gasteiger partial charge in [-0.1, -0.05) is 58.9 Å². The molecule has 8 heteroatoms. The van der Waals surface area contributed by atoms with Gasteiger partial charge in [-0.3, -0.25) is 14.4 Å². The van der Waals surface area contributed by atoms with Gasteiger partial charge >= 0.3 is 11.9 Å². The summed E-state index contributed by atoms with van der Waals surface area (Å²) in [7, 11) is 1.66. The van der Waals surface area contributed by atoms with Gasteiger partial charge in [0, 0.05) is 18.9 Å². The van der Waals surface area contributed by atoms with E-state index in [0.717, 1.165) is 12.0 Å². The Hall–Kier alpha value is -2.71. The molecule has 4 rings (SSSR count). The van der Waals surface area contributed by atoms with Crippen LogP contribution in [0.15, 0.2) is 36.4 Å². The summed E-state index contributed by atoms with van der Waals surface area (Å²) in [6.07, 6.45) is 4.91. The number of phenols is 1. The van der Waals surface area contributed by atoms with Crippen LogP contribution in [-0.2, 0) is 33.3 Å². The van der Waals surface area contributed by atoms with Gasteiger partial charge in [-0.25, -0.2) is 0 Å². The number of hydrogen-bond donors (Lipinski definition) is 1. The molecule has 1 saturated carbocycles. The topological polar surface area (TPSA) is 108 Å². The highest BCUT2D eigenvalue weighted by atomic mass is 16.6. The maximum atomic E-state index is 13.6. The van der Waals surface area contributed by atoms with Crippen LogP contribution in [0.2, 0.25) is 0 Å². The molecule has 0 aromatic heterocycles. The van der Waals surface area contributed by atoms with Crippen molar-refractivity contribution in [1.82, 2.24) is 0 Å². The standard InChI is InChI=1S/C31H42O8/c1-18(10-11-24(36-6)21-8-7-9-22(32)14-21)28-19(2)12-13-31(39-28)26(27(34)20(3)16-30(31,4)5)29(35)38-23-15-25(33)37-17-23/h7-9,12-14,18-20,23-24,26,28,32H,10-11,15-17H2,1-6H3/t18-,19+,20-,23-,24+,26+,28-,31+/m1/s1. The molecule has 0 bridgehead atoms. The van der Waals surface area contributed by atoms with E-state index in [1.807, 2.05) is 32.9 Å². The van der Waals surface area contributed by atoms with Crippen LogP contribution in [0.25, 0.3) is 0 Å². The van der Waals surface area contributed by atoms with Gasteiger partial charge in [0.25, 0.3) is 0 Å². The molecule has 0 radical (unpaired) electrons. The van der Waals surface area contributed by atoms with Crippen LogP contribution < -0.4 is 0 Å². The van der Waals surface area contributed by atoms with E-state index in [1.54, 1.807) is 25.3 Å². The van der Waals surface area contributed by atoms with Crippen molar-refractivity contribution in [3.05, 3.63) is 42.0 Å². The third kappa shape index (κ3) is 5.78. The lowest BCUT2D eigenvalue weighted by Gasteiger charge is -2.56. The number of phenolic OH excluding ortho intramolecular Hbond substituents is 1. The highest BCUT2D eigenvalue weighted by molar-refractivity contribution is 6.03. The second kappa shape index (κ2) is 11.4. The quantitative estimate of drug-likeness (QED) is 0.280. The molecule has 1 spiro atoms. The zero-order valence-electron chi connectivity index (χ0n) is 23.8. The predicted octanol–water partition coefficient (Wildman–Crippen LogP) is 4.94. The summed E-state index contributed by atoms with van der Waals surface area (Å²) >= 11 is 0. The van der Waals surface area contributed by atoms with E-state index in [1.165, 1.54) is 0 Å². The summed E-state index contributed by atoms with van der Waals surface area (Å²) in [5.74, 6) is -2.39. The van der Waals surface area contributed by atoms with Crippen LogP contribution in [0, 0.1) is 29.1 Å². The average molecular weight is 543 g/mol. The highest BCUT2D eigenvalue weighted by Gasteiger charge is 2.63. The summed E-state index contributed by atoms with van der Waals surface area (Å²) < 4.78 is 23.3. The Balaban J connectivity index is 1.57. The van der Waals surface area contributed by atoms with Crippen molar-refractivity contribution in [2.45, 2.75) is 84.2 Å². The fourth-order valence-corrected chi connectivity index (χ4v) is 6.69. The molecular weight excluding hydrogens is 500 g/mol. The molecule has 1 aromatic carbocycles. The first-order chi connectivity index (χ1) is 18.4. The lowest BCUT2D eigenvalue weighted by Crippen LogP contribution is -2.65. The third-order valence-corrected chi connectivity index (χ3v) is 8.88. The van der Waals surface area contributed by atoms with Crippen molar-refractivity contribution in [3.8, 4) is 5.75 Å². The van der Waals surface area contributed by atoms with Crippen molar-refractivity contribution in [3.63, 3.8) is 0 Å². The van der Waals surface area contributed by atoms with Crippen molar-refractivity contribution in [2.24, 2.45) is 29.1 Å². The number of hydrogen-bond acceptors (Lipinski definition) is 8. The van der Waals surface area contributed by atoms with E-state index in [2.05, 4.69) is 19.9 Å². The zero-order chi connectivity index (χ0) is 28.5. The Morgan fingerprint density at radius 2 is 1.95 bits per heavy atom. The first-order valence-electron chi connectivity index (χ1n) is 14.0. The van der Waals surface area contributed by atoms with Gasteiger partial charge in [0.05, 0.1) is 18.6 Å². The van der Waals surface area contributed by atoms with Crippen molar-refractivity contribution >= 4 is 17.7 Å². The van der Waals surface area contributed by atoms with Gasteiger partial charge in [0.1, 0.15) is 30.0 Å². The van der Waals surface area contributed by atoms with E-state index in [4.69, 9.17) is 18.9 Å². The lowest BCUT2D eigenvalue weighted by atomic mass is 9.55. The number of rotatable bonds is 8. The van der Waals surface area contributed by atoms with Gasteiger partial charge in [0.15, 0.2) is 5.78 Å². The number of carbonyl (C=O) groups is 3. The Kier molecular flexibility index (Phi) is 8.57. The molecule has 1 N–H and O–H groups in total. The highest BCUT2D eigenvalue weighted by Crippen LogP contribution is 2.54. The Labute approximate surface area is 231 Å². The Morgan fingerprint density at radius 3 is 2.59 bits per heavy atom. The van der Waals surface area contributed by atoms with Gasteiger partial charge in [-0.05, 0) is 48.3 Å². The molecule has 0 amide bonds.